The van der Waals surface area contributed by atoms with Crippen molar-refractivity contribution in [3.8, 4) is 0 Å². The molecule has 6 heteroatoms. The molecule has 3 nitrogen and oxygen atoms in total. The molecule has 0 spiro atoms. The first kappa shape index (κ1) is 21.8. The van der Waals surface area contributed by atoms with Crippen molar-refractivity contribution in [2.24, 2.45) is 0 Å². The summed E-state index contributed by atoms with van der Waals surface area (Å²) in [6.45, 7) is 6.36. The SMILES string of the molecule is CC(C)(C)c1ccc(C(=O)NC(Nc2ccc3ccccc3c2)C(Cl)(Cl)Cl)cc1. The topological polar surface area (TPSA) is 41.1 Å². The highest BCUT2D eigenvalue weighted by Gasteiger charge is 2.34. The molecule has 152 valence electrons. The van der Waals surface area contributed by atoms with Gasteiger partial charge in [-0.15, -0.1) is 0 Å². The van der Waals surface area contributed by atoms with E-state index in [-0.39, 0.29) is 11.3 Å². The van der Waals surface area contributed by atoms with Crippen LogP contribution < -0.4 is 10.6 Å². The van der Waals surface area contributed by atoms with Crippen LogP contribution in [0.1, 0.15) is 36.7 Å². The van der Waals surface area contributed by atoms with Crippen molar-refractivity contribution in [3.63, 3.8) is 0 Å². The van der Waals surface area contributed by atoms with Crippen LogP contribution in [0.3, 0.4) is 0 Å². The Morgan fingerprint density at radius 3 is 2.07 bits per heavy atom. The molecule has 3 rings (SSSR count). The van der Waals surface area contributed by atoms with E-state index in [1.165, 1.54) is 0 Å². The van der Waals surface area contributed by atoms with Gasteiger partial charge in [0.1, 0.15) is 6.17 Å². The lowest BCUT2D eigenvalue weighted by molar-refractivity contribution is 0.0942. The fourth-order valence-electron chi connectivity index (χ4n) is 2.98. The van der Waals surface area contributed by atoms with Gasteiger partial charge in [-0.05, 0) is 46.0 Å². The molecule has 0 heterocycles. The van der Waals surface area contributed by atoms with Gasteiger partial charge in [-0.25, -0.2) is 0 Å². The lowest BCUT2D eigenvalue weighted by Crippen LogP contribution is -2.49. The van der Waals surface area contributed by atoms with E-state index in [1.807, 2.05) is 54.6 Å². The van der Waals surface area contributed by atoms with Crippen molar-refractivity contribution >= 4 is 57.2 Å². The summed E-state index contributed by atoms with van der Waals surface area (Å²) in [6, 6.07) is 21.2. The molecule has 0 fully saturated rings. The van der Waals surface area contributed by atoms with Gasteiger partial charge in [-0.2, -0.15) is 0 Å². The summed E-state index contributed by atoms with van der Waals surface area (Å²) in [5.74, 6) is -0.324. The van der Waals surface area contributed by atoms with Crippen molar-refractivity contribution in [2.75, 3.05) is 5.32 Å². The minimum Gasteiger partial charge on any atom is -0.362 e. The third-order valence-electron chi connectivity index (χ3n) is 4.68. The second-order valence-corrected chi connectivity index (χ2v) is 10.4. The largest absolute Gasteiger partial charge is 0.362 e. The fourth-order valence-corrected chi connectivity index (χ4v) is 3.31. The second kappa shape index (κ2) is 8.43. The summed E-state index contributed by atoms with van der Waals surface area (Å²) < 4.78 is -1.74. The van der Waals surface area contributed by atoms with Crippen LogP contribution in [0.15, 0.2) is 66.7 Å². The molecule has 29 heavy (non-hydrogen) atoms. The highest BCUT2D eigenvalue weighted by Crippen LogP contribution is 2.32. The Kier molecular flexibility index (Phi) is 6.33. The zero-order chi connectivity index (χ0) is 21.2. The number of alkyl halides is 3. The van der Waals surface area contributed by atoms with E-state index in [1.54, 1.807) is 12.1 Å². The molecule has 0 aliphatic carbocycles. The molecular formula is C23H23Cl3N2O. The summed E-state index contributed by atoms with van der Waals surface area (Å²) >= 11 is 18.4. The van der Waals surface area contributed by atoms with E-state index in [2.05, 4.69) is 31.4 Å². The zero-order valence-electron chi connectivity index (χ0n) is 16.5. The number of anilines is 1. The standard InChI is InChI=1S/C23H23Cl3N2O/c1-22(2,3)18-11-8-16(9-12-18)20(29)28-21(23(24,25)26)27-19-13-10-15-6-4-5-7-17(15)14-19/h4-14,21,27H,1-3H3,(H,28,29). The van der Waals surface area contributed by atoms with Crippen molar-refractivity contribution in [3.05, 3.63) is 77.9 Å². The van der Waals surface area contributed by atoms with E-state index in [0.29, 0.717) is 5.56 Å². The van der Waals surface area contributed by atoms with Gasteiger partial charge >= 0.3 is 0 Å². The van der Waals surface area contributed by atoms with Crippen LogP contribution in [-0.2, 0) is 5.41 Å². The van der Waals surface area contributed by atoms with E-state index in [0.717, 1.165) is 22.0 Å². The molecule has 1 atom stereocenters. The van der Waals surface area contributed by atoms with Crippen LogP contribution in [0.4, 0.5) is 5.69 Å². The summed E-state index contributed by atoms with van der Waals surface area (Å²) in [5.41, 5.74) is 2.38. The Balaban J connectivity index is 1.79. The van der Waals surface area contributed by atoms with Crippen LogP contribution in [0.25, 0.3) is 10.8 Å². The van der Waals surface area contributed by atoms with E-state index >= 15 is 0 Å². The number of nitrogens with one attached hydrogen (secondary N) is 2. The molecule has 1 unspecified atom stereocenters. The fraction of sp³-hybridized carbons (Fsp3) is 0.261. The van der Waals surface area contributed by atoms with Crippen LogP contribution in [0, 0.1) is 0 Å². The molecular weight excluding hydrogens is 427 g/mol. The van der Waals surface area contributed by atoms with Gasteiger partial charge in [0.05, 0.1) is 0 Å². The Morgan fingerprint density at radius 2 is 1.48 bits per heavy atom. The van der Waals surface area contributed by atoms with E-state index < -0.39 is 9.96 Å². The maximum absolute atomic E-state index is 12.7. The molecule has 0 saturated carbocycles. The van der Waals surface area contributed by atoms with Gasteiger partial charge in [0, 0.05) is 11.3 Å². The van der Waals surface area contributed by atoms with E-state index in [4.69, 9.17) is 34.8 Å². The van der Waals surface area contributed by atoms with Crippen LogP contribution >= 0.6 is 34.8 Å². The number of hydrogen-bond donors (Lipinski definition) is 2. The van der Waals surface area contributed by atoms with Crippen molar-refractivity contribution < 1.29 is 4.79 Å². The van der Waals surface area contributed by atoms with Gasteiger partial charge in [0.2, 0.25) is 3.79 Å². The predicted octanol–water partition coefficient (Wildman–Crippen LogP) is 6.68. The molecule has 3 aromatic carbocycles. The average molecular weight is 450 g/mol. The number of fused-ring (bicyclic) bond motifs is 1. The lowest BCUT2D eigenvalue weighted by atomic mass is 9.87. The zero-order valence-corrected chi connectivity index (χ0v) is 18.7. The Labute approximate surface area is 186 Å². The Morgan fingerprint density at radius 1 is 0.862 bits per heavy atom. The van der Waals surface area contributed by atoms with E-state index in [9.17, 15) is 4.79 Å². The molecule has 0 saturated heterocycles. The summed E-state index contributed by atoms with van der Waals surface area (Å²) in [7, 11) is 0. The molecule has 0 bridgehead atoms. The maximum atomic E-state index is 12.7. The van der Waals surface area contributed by atoms with Crippen LogP contribution in [0.2, 0.25) is 0 Å². The van der Waals surface area contributed by atoms with Gasteiger partial charge in [0.15, 0.2) is 0 Å². The number of halogens is 3. The Hall–Kier alpha value is -1.94. The number of carbonyl (C=O) groups excluding carboxylic acids is 1. The summed E-state index contributed by atoms with van der Waals surface area (Å²) in [4.78, 5) is 12.7. The monoisotopic (exact) mass is 448 g/mol. The van der Waals surface area contributed by atoms with Gasteiger partial charge in [-0.3, -0.25) is 4.79 Å². The molecule has 2 N–H and O–H groups in total. The second-order valence-electron chi connectivity index (χ2n) is 7.98. The highest BCUT2D eigenvalue weighted by molar-refractivity contribution is 6.68. The lowest BCUT2D eigenvalue weighted by Gasteiger charge is -2.27. The van der Waals surface area contributed by atoms with Crippen molar-refractivity contribution in [1.29, 1.82) is 0 Å². The Bertz CT molecular complexity index is 1010. The third kappa shape index (κ3) is 5.57. The van der Waals surface area contributed by atoms with Crippen molar-refractivity contribution in [2.45, 2.75) is 36.1 Å². The number of benzene rings is 3. The van der Waals surface area contributed by atoms with Gasteiger partial charge in [-0.1, -0.05) is 98.0 Å². The molecule has 0 aromatic heterocycles. The smallest absolute Gasteiger partial charge is 0.252 e. The first-order valence-electron chi connectivity index (χ1n) is 9.27. The van der Waals surface area contributed by atoms with Gasteiger partial charge in [0.25, 0.3) is 5.91 Å². The molecule has 0 aliphatic rings. The first-order valence-corrected chi connectivity index (χ1v) is 10.4. The average Bonchev–Trinajstić information content (AvgIpc) is 2.66. The minimum absolute atomic E-state index is 0.00670. The highest BCUT2D eigenvalue weighted by atomic mass is 35.6. The number of amides is 1. The number of hydrogen-bond acceptors (Lipinski definition) is 2. The van der Waals surface area contributed by atoms with Crippen LogP contribution in [-0.4, -0.2) is 15.9 Å². The van der Waals surface area contributed by atoms with Crippen molar-refractivity contribution in [1.82, 2.24) is 5.32 Å². The van der Waals surface area contributed by atoms with Gasteiger partial charge < -0.3 is 10.6 Å². The third-order valence-corrected chi connectivity index (χ3v) is 5.33. The predicted molar refractivity (Wildman–Crippen MR) is 124 cm³/mol. The molecule has 1 amide bonds. The molecule has 3 aromatic rings. The molecule has 0 radical (unpaired) electrons. The maximum Gasteiger partial charge on any atom is 0.252 e. The minimum atomic E-state index is -1.74. The summed E-state index contributed by atoms with van der Waals surface area (Å²) in [5, 5.41) is 8.05. The number of carbonyl (C=O) groups is 1. The number of rotatable bonds is 4. The quantitative estimate of drug-likeness (QED) is 0.345. The first-order chi connectivity index (χ1) is 13.5. The van der Waals surface area contributed by atoms with Crippen LogP contribution in [0.5, 0.6) is 0 Å². The summed E-state index contributed by atoms with van der Waals surface area (Å²) in [6.07, 6.45) is -0.913. The normalized spacial score (nSPS) is 13.2. The molecule has 0 aliphatic heterocycles.